The zero-order valence-corrected chi connectivity index (χ0v) is 30.1. The van der Waals surface area contributed by atoms with E-state index in [4.69, 9.17) is 14.0 Å². The summed E-state index contributed by atoms with van der Waals surface area (Å²) in [5, 5.41) is 24.3. The second-order valence-corrected chi connectivity index (χ2v) is 15.8. The third-order valence-corrected chi connectivity index (χ3v) is 9.79. The van der Waals surface area contributed by atoms with E-state index in [2.05, 4.69) is 36.9 Å². The van der Waals surface area contributed by atoms with Crippen molar-refractivity contribution in [3.63, 3.8) is 0 Å². The molecule has 0 radical (unpaired) electrons. The molecule has 1 saturated heterocycles. The number of aromatic nitrogens is 7. The molecule has 51 heavy (non-hydrogen) atoms. The summed E-state index contributed by atoms with van der Waals surface area (Å²) in [6.45, 7) is 8.24. The molecule has 15 nitrogen and oxygen atoms in total. The highest BCUT2D eigenvalue weighted by Gasteiger charge is 2.30. The van der Waals surface area contributed by atoms with Crippen LogP contribution in [0.1, 0.15) is 81.8 Å². The van der Waals surface area contributed by atoms with Crippen molar-refractivity contribution in [3.8, 4) is 11.6 Å². The number of hydrogen-bond acceptors (Lipinski definition) is 10. The van der Waals surface area contributed by atoms with Gasteiger partial charge in [-0.25, -0.2) is 4.79 Å². The lowest BCUT2D eigenvalue weighted by Crippen LogP contribution is -2.36. The van der Waals surface area contributed by atoms with Crippen molar-refractivity contribution < 1.29 is 22.1 Å². The van der Waals surface area contributed by atoms with Crippen molar-refractivity contribution in [1.29, 1.82) is 0 Å². The van der Waals surface area contributed by atoms with Gasteiger partial charge in [0.1, 0.15) is 17.7 Å². The summed E-state index contributed by atoms with van der Waals surface area (Å²) in [5.74, 6) is 2.50. The van der Waals surface area contributed by atoms with Gasteiger partial charge in [0, 0.05) is 36.8 Å². The number of pyridine rings is 1. The number of rotatable bonds is 10. The van der Waals surface area contributed by atoms with Gasteiger partial charge in [-0.1, -0.05) is 45.0 Å². The summed E-state index contributed by atoms with van der Waals surface area (Å²) >= 11 is 0. The van der Waals surface area contributed by atoms with Crippen molar-refractivity contribution in [1.82, 2.24) is 39.5 Å². The molecular formula is C35H44N10O5S. The number of hydrogen-bond donors (Lipinski definition) is 2. The van der Waals surface area contributed by atoms with E-state index in [9.17, 15) is 13.2 Å². The van der Waals surface area contributed by atoms with E-state index in [0.29, 0.717) is 24.5 Å². The lowest BCUT2D eigenvalue weighted by atomic mass is 9.85. The Bertz CT molecular complexity index is 2130. The standard InChI is InChI=1S/C35H44N10O5S/c1-35(2,3)29-22-32(45(40-29)31-16-19-43(41-31)20-21-49-51(4,47)48)37-33(46)36-27-13-14-28(26-11-7-6-10-25(26)27)50-24-12-15-30-38-39-34(44(30)23-24)42-17-8-5-9-18-42/h6-7,10-12,15-16,19,22-23,27-28H,5,8-9,13-14,17-18,20-21H2,1-4H3,(H2,36,37,46)/t27-,28+/m0/s1. The fourth-order valence-corrected chi connectivity index (χ4v) is 7.00. The second kappa shape index (κ2) is 14.0. The Morgan fingerprint density at radius 2 is 1.76 bits per heavy atom. The molecule has 0 bridgehead atoms. The number of benzene rings is 1. The summed E-state index contributed by atoms with van der Waals surface area (Å²) < 4.78 is 39.3. The first-order valence-corrected chi connectivity index (χ1v) is 19.1. The zero-order chi connectivity index (χ0) is 35.8. The van der Waals surface area contributed by atoms with E-state index in [0.717, 1.165) is 66.4 Å². The molecule has 1 fully saturated rings. The Balaban J connectivity index is 1.06. The number of nitrogens with one attached hydrogen (secondary N) is 2. The summed E-state index contributed by atoms with van der Waals surface area (Å²) in [6, 6.07) is 14.9. The van der Waals surface area contributed by atoms with E-state index in [1.807, 2.05) is 67.8 Å². The van der Waals surface area contributed by atoms with Crippen LogP contribution in [0.2, 0.25) is 0 Å². The maximum absolute atomic E-state index is 13.6. The van der Waals surface area contributed by atoms with Gasteiger partial charge in [0.05, 0.1) is 37.3 Å². The van der Waals surface area contributed by atoms with Crippen LogP contribution in [0.25, 0.3) is 11.5 Å². The number of ether oxygens (including phenoxy) is 1. The van der Waals surface area contributed by atoms with Crippen LogP contribution in [0.5, 0.6) is 5.75 Å². The van der Waals surface area contributed by atoms with Crippen LogP contribution >= 0.6 is 0 Å². The Kier molecular flexibility index (Phi) is 9.46. The molecule has 2 aliphatic rings. The average molecular weight is 717 g/mol. The molecule has 4 aromatic heterocycles. The van der Waals surface area contributed by atoms with Gasteiger partial charge < -0.3 is 15.0 Å². The van der Waals surface area contributed by atoms with Gasteiger partial charge >= 0.3 is 6.03 Å². The summed E-state index contributed by atoms with van der Waals surface area (Å²) in [6.07, 6.45) is 9.41. The lowest BCUT2D eigenvalue weighted by molar-refractivity contribution is 0.171. The highest BCUT2D eigenvalue weighted by molar-refractivity contribution is 7.85. The normalized spacial score (nSPS) is 18.1. The first-order valence-electron chi connectivity index (χ1n) is 17.3. The minimum absolute atomic E-state index is 0.0500. The van der Waals surface area contributed by atoms with Crippen molar-refractivity contribution >= 4 is 33.6 Å². The number of amides is 2. The fourth-order valence-electron chi connectivity index (χ4n) is 6.62. The van der Waals surface area contributed by atoms with E-state index in [-0.39, 0.29) is 36.7 Å². The molecule has 1 aliphatic heterocycles. The number of fused-ring (bicyclic) bond motifs is 2. The molecule has 2 atom stereocenters. The number of anilines is 2. The van der Waals surface area contributed by atoms with Crippen LogP contribution in [-0.2, 0) is 26.3 Å². The van der Waals surface area contributed by atoms with Gasteiger partial charge in [0.2, 0.25) is 5.95 Å². The fraction of sp³-hybridized carbons (Fsp3) is 0.457. The largest absolute Gasteiger partial charge is 0.484 e. The van der Waals surface area contributed by atoms with Gasteiger partial charge in [0.25, 0.3) is 10.1 Å². The average Bonchev–Trinajstić information content (AvgIpc) is 3.84. The van der Waals surface area contributed by atoms with Crippen molar-refractivity contribution in [2.24, 2.45) is 0 Å². The highest BCUT2D eigenvalue weighted by atomic mass is 32.2. The molecule has 16 heteroatoms. The molecule has 2 N–H and O–H groups in total. The molecule has 0 saturated carbocycles. The first-order chi connectivity index (χ1) is 24.4. The molecule has 2 amide bonds. The Hall–Kier alpha value is -4.96. The van der Waals surface area contributed by atoms with Gasteiger partial charge in [-0.3, -0.25) is 18.6 Å². The summed E-state index contributed by atoms with van der Waals surface area (Å²) in [4.78, 5) is 15.9. The van der Waals surface area contributed by atoms with E-state index >= 15 is 0 Å². The Morgan fingerprint density at radius 3 is 2.53 bits per heavy atom. The second-order valence-electron chi connectivity index (χ2n) is 14.1. The molecule has 0 unspecified atom stereocenters. The summed E-state index contributed by atoms with van der Waals surface area (Å²) in [5.41, 5.74) is 3.28. The number of piperidine rings is 1. The molecule has 0 spiro atoms. The van der Waals surface area contributed by atoms with Crippen molar-refractivity contribution in [3.05, 3.63) is 77.7 Å². The highest BCUT2D eigenvalue weighted by Crippen LogP contribution is 2.39. The third kappa shape index (κ3) is 7.86. The van der Waals surface area contributed by atoms with Crippen LogP contribution in [0.4, 0.5) is 16.6 Å². The predicted molar refractivity (Wildman–Crippen MR) is 192 cm³/mol. The van der Waals surface area contributed by atoms with Gasteiger partial charge in [-0.15, -0.1) is 10.2 Å². The molecule has 5 aromatic rings. The van der Waals surface area contributed by atoms with E-state index in [1.54, 1.807) is 21.6 Å². The predicted octanol–water partition coefficient (Wildman–Crippen LogP) is 5.15. The minimum Gasteiger partial charge on any atom is -0.484 e. The molecule has 5 heterocycles. The molecular weight excluding hydrogens is 673 g/mol. The van der Waals surface area contributed by atoms with Crippen LogP contribution in [0.3, 0.4) is 0 Å². The van der Waals surface area contributed by atoms with E-state index in [1.165, 1.54) is 6.42 Å². The number of carbonyl (C=O) groups is 1. The number of carbonyl (C=O) groups excluding carboxylic acids is 1. The van der Waals surface area contributed by atoms with Crippen molar-refractivity contribution in [2.45, 2.75) is 77.0 Å². The maximum Gasteiger partial charge on any atom is 0.320 e. The van der Waals surface area contributed by atoms with E-state index < -0.39 is 10.1 Å². The quantitative estimate of drug-likeness (QED) is 0.185. The van der Waals surface area contributed by atoms with Crippen LogP contribution < -0.4 is 20.3 Å². The first kappa shape index (κ1) is 34.5. The molecule has 1 aromatic carbocycles. The zero-order valence-electron chi connectivity index (χ0n) is 29.3. The third-order valence-electron chi connectivity index (χ3n) is 9.20. The monoisotopic (exact) mass is 716 g/mol. The maximum atomic E-state index is 13.6. The molecule has 270 valence electrons. The van der Waals surface area contributed by atoms with Gasteiger partial charge in [-0.05, 0) is 55.4 Å². The summed E-state index contributed by atoms with van der Waals surface area (Å²) in [7, 11) is -3.56. The van der Waals surface area contributed by atoms with Crippen LogP contribution in [-0.4, -0.2) is 74.6 Å². The SMILES string of the molecule is CC(C)(C)c1cc(NC(=O)N[C@H]2CC[C@@H](Oc3ccc4nnc(N5CCCCC5)n4c3)c3ccccc32)n(-c2ccn(CCOS(C)(=O)=O)n2)n1. The Morgan fingerprint density at radius 1 is 0.980 bits per heavy atom. The van der Waals surface area contributed by atoms with Crippen LogP contribution in [0, 0.1) is 0 Å². The lowest BCUT2D eigenvalue weighted by Gasteiger charge is -2.32. The molecule has 7 rings (SSSR count). The van der Waals surface area contributed by atoms with Crippen LogP contribution in [0.15, 0.2) is 60.9 Å². The topological polar surface area (TPSA) is 163 Å². The van der Waals surface area contributed by atoms with Gasteiger partial charge in [0.15, 0.2) is 11.5 Å². The smallest absolute Gasteiger partial charge is 0.320 e. The van der Waals surface area contributed by atoms with Gasteiger partial charge in [-0.2, -0.15) is 23.3 Å². The van der Waals surface area contributed by atoms with Crippen molar-refractivity contribution in [2.75, 3.05) is 36.2 Å². The number of urea groups is 1. The molecule has 1 aliphatic carbocycles. The minimum atomic E-state index is -3.56. The Labute approximate surface area is 297 Å². The number of nitrogens with zero attached hydrogens (tertiary/aromatic N) is 8.